The molecule has 2 N–H and O–H groups in total. The van der Waals surface area contributed by atoms with E-state index < -0.39 is 23.8 Å². The topological polar surface area (TPSA) is 87.7 Å². The SMILES string of the molecule is CCOC(=O)C(C)NC(=O)CN1C(=O)/C(=C/c2ccccc2)NC1=S. The van der Waals surface area contributed by atoms with E-state index >= 15 is 0 Å². The lowest BCUT2D eigenvalue weighted by atomic mass is 10.2. The van der Waals surface area contributed by atoms with Crippen molar-refractivity contribution < 1.29 is 19.1 Å². The molecule has 1 fully saturated rings. The van der Waals surface area contributed by atoms with E-state index in [2.05, 4.69) is 10.6 Å². The van der Waals surface area contributed by atoms with Gasteiger partial charge in [-0.2, -0.15) is 0 Å². The third-order valence-electron chi connectivity index (χ3n) is 3.39. The van der Waals surface area contributed by atoms with Gasteiger partial charge in [0.15, 0.2) is 5.11 Å². The highest BCUT2D eigenvalue weighted by Gasteiger charge is 2.32. The Morgan fingerprint density at radius 1 is 1.36 bits per heavy atom. The molecule has 1 atom stereocenters. The number of carbonyl (C=O) groups excluding carboxylic acids is 3. The number of amides is 2. The molecular weight excluding hydrogens is 342 g/mol. The van der Waals surface area contributed by atoms with E-state index in [1.807, 2.05) is 30.3 Å². The smallest absolute Gasteiger partial charge is 0.328 e. The van der Waals surface area contributed by atoms with Crippen LogP contribution in [0.1, 0.15) is 19.4 Å². The largest absolute Gasteiger partial charge is 0.464 e. The second-order valence-electron chi connectivity index (χ2n) is 5.33. The van der Waals surface area contributed by atoms with Crippen molar-refractivity contribution in [2.75, 3.05) is 13.2 Å². The summed E-state index contributed by atoms with van der Waals surface area (Å²) < 4.78 is 4.82. The van der Waals surface area contributed by atoms with Gasteiger partial charge in [-0.1, -0.05) is 30.3 Å². The molecule has 1 aliphatic heterocycles. The highest BCUT2D eigenvalue weighted by atomic mass is 32.1. The van der Waals surface area contributed by atoms with E-state index in [9.17, 15) is 14.4 Å². The normalized spacial score (nSPS) is 16.6. The Kier molecular flexibility index (Phi) is 6.24. The summed E-state index contributed by atoms with van der Waals surface area (Å²) in [6.45, 7) is 3.14. The fourth-order valence-electron chi connectivity index (χ4n) is 2.19. The molecule has 2 amide bonds. The first kappa shape index (κ1) is 18.6. The van der Waals surface area contributed by atoms with Crippen molar-refractivity contribution >= 4 is 41.2 Å². The first-order valence-corrected chi connectivity index (χ1v) is 8.18. The van der Waals surface area contributed by atoms with Crippen molar-refractivity contribution in [1.29, 1.82) is 0 Å². The van der Waals surface area contributed by atoms with E-state index in [4.69, 9.17) is 17.0 Å². The molecule has 1 saturated heterocycles. The van der Waals surface area contributed by atoms with Crippen molar-refractivity contribution in [3.05, 3.63) is 41.6 Å². The minimum absolute atomic E-state index is 0.145. The number of ether oxygens (including phenoxy) is 1. The van der Waals surface area contributed by atoms with Gasteiger partial charge in [0, 0.05) is 0 Å². The molecule has 25 heavy (non-hydrogen) atoms. The van der Waals surface area contributed by atoms with Crippen LogP contribution in [0, 0.1) is 0 Å². The molecule has 0 saturated carbocycles. The molecule has 8 heteroatoms. The Morgan fingerprint density at radius 2 is 2.04 bits per heavy atom. The lowest BCUT2D eigenvalue weighted by Gasteiger charge is -2.16. The predicted molar refractivity (Wildman–Crippen MR) is 96.1 cm³/mol. The number of nitrogens with one attached hydrogen (secondary N) is 2. The molecule has 1 aromatic rings. The Labute approximate surface area is 151 Å². The molecule has 1 aromatic carbocycles. The van der Waals surface area contributed by atoms with Crippen LogP contribution in [0.3, 0.4) is 0 Å². The number of esters is 1. The maximum Gasteiger partial charge on any atom is 0.328 e. The molecule has 0 bridgehead atoms. The van der Waals surface area contributed by atoms with E-state index in [-0.39, 0.29) is 18.3 Å². The van der Waals surface area contributed by atoms with Crippen LogP contribution in [-0.2, 0) is 19.1 Å². The van der Waals surface area contributed by atoms with Gasteiger partial charge in [-0.15, -0.1) is 0 Å². The van der Waals surface area contributed by atoms with Gasteiger partial charge in [-0.25, -0.2) is 4.79 Å². The Bertz CT molecular complexity index is 718. The van der Waals surface area contributed by atoms with Crippen LogP contribution in [0.2, 0.25) is 0 Å². The van der Waals surface area contributed by atoms with Crippen molar-refractivity contribution in [1.82, 2.24) is 15.5 Å². The van der Waals surface area contributed by atoms with Gasteiger partial charge < -0.3 is 15.4 Å². The highest BCUT2D eigenvalue weighted by Crippen LogP contribution is 2.13. The summed E-state index contributed by atoms with van der Waals surface area (Å²) in [6, 6.07) is 8.48. The number of hydrogen-bond acceptors (Lipinski definition) is 5. The monoisotopic (exact) mass is 361 g/mol. The number of hydrogen-bond donors (Lipinski definition) is 2. The van der Waals surface area contributed by atoms with Crippen molar-refractivity contribution in [3.8, 4) is 0 Å². The zero-order valence-corrected chi connectivity index (χ0v) is 14.8. The zero-order chi connectivity index (χ0) is 18.4. The van der Waals surface area contributed by atoms with Gasteiger partial charge >= 0.3 is 5.97 Å². The quantitative estimate of drug-likeness (QED) is 0.443. The van der Waals surface area contributed by atoms with Crippen LogP contribution in [0.4, 0.5) is 0 Å². The molecule has 1 aliphatic rings. The van der Waals surface area contributed by atoms with Gasteiger partial charge in [-0.3, -0.25) is 14.5 Å². The van der Waals surface area contributed by atoms with Crippen molar-refractivity contribution in [2.45, 2.75) is 19.9 Å². The third kappa shape index (κ3) is 4.87. The van der Waals surface area contributed by atoms with Crippen molar-refractivity contribution in [2.24, 2.45) is 0 Å². The predicted octanol–water partition coefficient (Wildman–Crippen LogP) is 0.812. The second kappa shape index (κ2) is 8.39. The van der Waals surface area contributed by atoms with Crippen LogP contribution in [0.25, 0.3) is 6.08 Å². The lowest BCUT2D eigenvalue weighted by Crippen LogP contribution is -2.46. The molecule has 1 heterocycles. The molecule has 0 radical (unpaired) electrons. The van der Waals surface area contributed by atoms with Gasteiger partial charge in [-0.05, 0) is 37.7 Å². The molecule has 0 aromatic heterocycles. The fraction of sp³-hybridized carbons (Fsp3) is 0.294. The first-order valence-electron chi connectivity index (χ1n) is 7.78. The Hall–Kier alpha value is -2.74. The lowest BCUT2D eigenvalue weighted by molar-refractivity contribution is -0.146. The molecule has 1 unspecified atom stereocenters. The second-order valence-corrected chi connectivity index (χ2v) is 5.72. The summed E-state index contributed by atoms with van der Waals surface area (Å²) in [5.74, 6) is -1.43. The number of thiocarbonyl (C=S) groups is 1. The highest BCUT2D eigenvalue weighted by molar-refractivity contribution is 7.80. The summed E-state index contributed by atoms with van der Waals surface area (Å²) in [5.41, 5.74) is 1.13. The fourth-order valence-corrected chi connectivity index (χ4v) is 2.45. The van der Waals surface area contributed by atoms with E-state index in [1.54, 1.807) is 13.0 Å². The van der Waals surface area contributed by atoms with E-state index in [0.29, 0.717) is 5.70 Å². The van der Waals surface area contributed by atoms with E-state index in [0.717, 1.165) is 10.5 Å². The summed E-state index contributed by atoms with van der Waals surface area (Å²) >= 11 is 5.12. The molecule has 2 rings (SSSR count). The number of rotatable bonds is 6. The standard InChI is InChI=1S/C17H19N3O4S/c1-3-24-16(23)11(2)18-14(21)10-20-15(22)13(19-17(20)25)9-12-7-5-4-6-8-12/h4-9,11H,3,10H2,1-2H3,(H,18,21)(H,19,25)/b13-9-. The number of carbonyl (C=O) groups is 3. The number of nitrogens with zero attached hydrogens (tertiary/aromatic N) is 1. The molecule has 0 spiro atoms. The summed E-state index contributed by atoms with van der Waals surface area (Å²) in [7, 11) is 0. The average molecular weight is 361 g/mol. The van der Waals surface area contributed by atoms with Crippen LogP contribution in [-0.4, -0.2) is 47.0 Å². The zero-order valence-electron chi connectivity index (χ0n) is 13.9. The third-order valence-corrected chi connectivity index (χ3v) is 3.71. The molecule has 132 valence electrons. The van der Waals surface area contributed by atoms with Gasteiger partial charge in [0.2, 0.25) is 5.91 Å². The maximum atomic E-state index is 12.4. The summed E-state index contributed by atoms with van der Waals surface area (Å²) in [5, 5.41) is 5.43. The van der Waals surface area contributed by atoms with Crippen LogP contribution < -0.4 is 10.6 Å². The van der Waals surface area contributed by atoms with E-state index in [1.165, 1.54) is 6.92 Å². The molecule has 0 aliphatic carbocycles. The van der Waals surface area contributed by atoms with Gasteiger partial charge in [0.05, 0.1) is 6.61 Å². The Morgan fingerprint density at radius 3 is 2.68 bits per heavy atom. The van der Waals surface area contributed by atoms with Crippen LogP contribution in [0.5, 0.6) is 0 Å². The Balaban J connectivity index is 1.99. The molecule has 7 nitrogen and oxygen atoms in total. The summed E-state index contributed by atoms with van der Waals surface area (Å²) in [4.78, 5) is 37.2. The minimum Gasteiger partial charge on any atom is -0.464 e. The van der Waals surface area contributed by atoms with Crippen molar-refractivity contribution in [3.63, 3.8) is 0 Å². The van der Waals surface area contributed by atoms with Gasteiger partial charge in [0.25, 0.3) is 5.91 Å². The van der Waals surface area contributed by atoms with Gasteiger partial charge in [0.1, 0.15) is 18.3 Å². The van der Waals surface area contributed by atoms with Crippen LogP contribution >= 0.6 is 12.2 Å². The number of benzene rings is 1. The van der Waals surface area contributed by atoms with Crippen LogP contribution in [0.15, 0.2) is 36.0 Å². The average Bonchev–Trinajstić information content (AvgIpc) is 2.83. The maximum absolute atomic E-state index is 12.4. The molecular formula is C17H19N3O4S. The first-order chi connectivity index (χ1) is 11.9. The minimum atomic E-state index is -0.800. The summed E-state index contributed by atoms with van der Waals surface area (Å²) in [6.07, 6.45) is 1.66.